The number of nitrogens with zero attached hydrogens (tertiary/aromatic N) is 5. The summed E-state index contributed by atoms with van der Waals surface area (Å²) in [6, 6.07) is 3.16. The fraction of sp³-hybridized carbons (Fsp3) is 0.222. The molecule has 132 valence electrons. The number of carbonyl (C=O) groups is 1. The van der Waals surface area contributed by atoms with Crippen molar-refractivity contribution >= 4 is 23.5 Å². The van der Waals surface area contributed by atoms with E-state index in [0.717, 1.165) is 24.9 Å². The number of rotatable bonds is 4. The summed E-state index contributed by atoms with van der Waals surface area (Å²) in [4.78, 5) is 22.0. The molecule has 0 radical (unpaired) electrons. The molecule has 0 amide bonds. The van der Waals surface area contributed by atoms with Gasteiger partial charge in [-0.25, -0.2) is 18.7 Å². The van der Waals surface area contributed by atoms with Gasteiger partial charge in [-0.15, -0.1) is 0 Å². The number of fused-ring (bicyclic) bond motifs is 1. The molecule has 0 saturated carbocycles. The van der Waals surface area contributed by atoms with E-state index in [1.807, 2.05) is 4.90 Å². The molecule has 3 aromatic heterocycles. The summed E-state index contributed by atoms with van der Waals surface area (Å²) in [5.41, 5.74) is 1.72. The van der Waals surface area contributed by atoms with Crippen molar-refractivity contribution < 1.29 is 14.3 Å². The number of pyridine rings is 1. The van der Waals surface area contributed by atoms with Crippen LogP contribution in [0.4, 0.5) is 10.2 Å². The van der Waals surface area contributed by atoms with Crippen LogP contribution in [0.3, 0.4) is 0 Å². The summed E-state index contributed by atoms with van der Waals surface area (Å²) in [5.74, 6) is -0.849. The molecule has 1 N–H and O–H groups in total. The summed E-state index contributed by atoms with van der Waals surface area (Å²) in [6.07, 6.45) is 7.48. The van der Waals surface area contributed by atoms with Crippen molar-refractivity contribution in [1.82, 2.24) is 19.6 Å². The van der Waals surface area contributed by atoms with Gasteiger partial charge in [-0.05, 0) is 31.1 Å². The van der Waals surface area contributed by atoms with E-state index in [2.05, 4.69) is 21.6 Å². The lowest BCUT2D eigenvalue weighted by Gasteiger charge is -2.27. The van der Waals surface area contributed by atoms with Crippen molar-refractivity contribution in [1.29, 1.82) is 0 Å². The van der Waals surface area contributed by atoms with Crippen molar-refractivity contribution in [2.75, 3.05) is 11.4 Å². The highest BCUT2D eigenvalue weighted by Gasteiger charge is 2.30. The van der Waals surface area contributed by atoms with E-state index < -0.39 is 11.8 Å². The number of aromatic nitrogens is 4. The highest BCUT2D eigenvalue weighted by Crippen LogP contribution is 2.37. The lowest BCUT2D eigenvalue weighted by atomic mass is 10.0. The molecule has 0 spiro atoms. The summed E-state index contributed by atoms with van der Waals surface area (Å²) < 4.78 is 15.2. The smallest absolute Gasteiger partial charge is 0.341 e. The van der Waals surface area contributed by atoms with Crippen LogP contribution in [-0.2, 0) is 0 Å². The minimum absolute atomic E-state index is 0.0433. The third kappa shape index (κ3) is 2.59. The number of halogens is 1. The summed E-state index contributed by atoms with van der Waals surface area (Å²) in [7, 11) is 0. The number of aromatic carboxylic acids is 1. The summed E-state index contributed by atoms with van der Waals surface area (Å²) >= 11 is 0. The van der Waals surface area contributed by atoms with Crippen LogP contribution in [-0.4, -0.2) is 37.2 Å². The molecule has 1 aliphatic rings. The maximum Gasteiger partial charge on any atom is 0.341 e. The molecule has 26 heavy (non-hydrogen) atoms. The Kier molecular flexibility index (Phi) is 3.87. The topological polar surface area (TPSA) is 83.6 Å². The number of carboxylic acids is 1. The average Bonchev–Trinajstić information content (AvgIpc) is 3.28. The normalized spacial score (nSPS) is 17.0. The Hall–Kier alpha value is -3.29. The molecule has 0 bridgehead atoms. The standard InChI is InChI=1S/C18H16FN5O2/c1-2-14-12(8-11(19)9-20-14)15-4-3-6-23(15)16-5-7-24-17(22-16)13(10-21-24)18(25)26/h2,5,7-10,15H,1,3-4,6H2,(H,25,26). The first-order valence-corrected chi connectivity index (χ1v) is 8.20. The Morgan fingerprint density at radius 3 is 3.04 bits per heavy atom. The molecule has 0 aliphatic carbocycles. The largest absolute Gasteiger partial charge is 0.477 e. The molecule has 1 saturated heterocycles. The molecule has 1 atom stereocenters. The van der Waals surface area contributed by atoms with Crippen molar-refractivity contribution in [3.63, 3.8) is 0 Å². The van der Waals surface area contributed by atoms with Gasteiger partial charge in [-0.3, -0.25) is 4.98 Å². The second kappa shape index (κ2) is 6.21. The van der Waals surface area contributed by atoms with Crippen LogP contribution in [0.25, 0.3) is 11.7 Å². The monoisotopic (exact) mass is 353 g/mol. The molecule has 4 rings (SSSR count). The maximum atomic E-state index is 13.8. The molecule has 0 aromatic carbocycles. The zero-order chi connectivity index (χ0) is 18.3. The molecule has 8 heteroatoms. The van der Waals surface area contributed by atoms with Gasteiger partial charge in [0.05, 0.1) is 24.1 Å². The predicted octanol–water partition coefficient (Wildman–Crippen LogP) is 2.95. The zero-order valence-corrected chi connectivity index (χ0v) is 13.8. The highest BCUT2D eigenvalue weighted by atomic mass is 19.1. The Bertz CT molecular complexity index is 1020. The fourth-order valence-electron chi connectivity index (χ4n) is 3.44. The minimum Gasteiger partial charge on any atom is -0.477 e. The van der Waals surface area contributed by atoms with E-state index in [4.69, 9.17) is 0 Å². The quantitative estimate of drug-likeness (QED) is 0.776. The van der Waals surface area contributed by atoms with Gasteiger partial charge in [0.1, 0.15) is 17.2 Å². The Morgan fingerprint density at radius 1 is 1.42 bits per heavy atom. The van der Waals surface area contributed by atoms with Gasteiger partial charge in [-0.1, -0.05) is 6.58 Å². The Balaban J connectivity index is 1.79. The van der Waals surface area contributed by atoms with Crippen LogP contribution < -0.4 is 4.90 Å². The SMILES string of the molecule is C=Cc1ncc(F)cc1C1CCCN1c1ccn2ncc(C(=O)O)c2n1. The van der Waals surface area contributed by atoms with Crippen molar-refractivity contribution in [3.8, 4) is 0 Å². The van der Waals surface area contributed by atoms with Gasteiger partial charge in [0, 0.05) is 18.3 Å². The number of hydrogen-bond acceptors (Lipinski definition) is 5. The minimum atomic E-state index is -1.08. The van der Waals surface area contributed by atoms with Crippen LogP contribution in [0.15, 0.2) is 37.3 Å². The second-order valence-corrected chi connectivity index (χ2v) is 6.10. The molecule has 1 aliphatic heterocycles. The first-order valence-electron chi connectivity index (χ1n) is 8.20. The highest BCUT2D eigenvalue weighted by molar-refractivity contribution is 5.94. The third-order valence-electron chi connectivity index (χ3n) is 4.60. The van der Waals surface area contributed by atoms with Crippen molar-refractivity contribution in [2.24, 2.45) is 0 Å². The van der Waals surface area contributed by atoms with Crippen LogP contribution in [0.1, 0.15) is 40.5 Å². The van der Waals surface area contributed by atoms with Crippen LogP contribution in [0, 0.1) is 5.82 Å². The summed E-state index contributed by atoms with van der Waals surface area (Å²) in [5, 5.41) is 13.3. The Morgan fingerprint density at radius 2 is 2.27 bits per heavy atom. The van der Waals surface area contributed by atoms with Gasteiger partial charge < -0.3 is 10.0 Å². The maximum absolute atomic E-state index is 13.8. The van der Waals surface area contributed by atoms with Crippen molar-refractivity contribution in [2.45, 2.75) is 18.9 Å². The predicted molar refractivity (Wildman–Crippen MR) is 93.6 cm³/mol. The fourth-order valence-corrected chi connectivity index (χ4v) is 3.44. The van der Waals surface area contributed by atoms with Gasteiger partial charge in [0.25, 0.3) is 0 Å². The molecule has 7 nitrogen and oxygen atoms in total. The van der Waals surface area contributed by atoms with Gasteiger partial charge in [0.2, 0.25) is 0 Å². The van der Waals surface area contributed by atoms with Crippen LogP contribution in [0.2, 0.25) is 0 Å². The van der Waals surface area contributed by atoms with Crippen LogP contribution in [0.5, 0.6) is 0 Å². The molecule has 4 heterocycles. The number of carboxylic acid groups (broad SMARTS) is 1. The van der Waals surface area contributed by atoms with E-state index in [1.54, 1.807) is 18.3 Å². The van der Waals surface area contributed by atoms with E-state index in [-0.39, 0.29) is 17.3 Å². The molecular weight excluding hydrogens is 337 g/mol. The third-order valence-corrected chi connectivity index (χ3v) is 4.60. The van der Waals surface area contributed by atoms with E-state index in [9.17, 15) is 14.3 Å². The molecule has 1 unspecified atom stereocenters. The second-order valence-electron chi connectivity index (χ2n) is 6.10. The molecule has 1 fully saturated rings. The van der Waals surface area contributed by atoms with Crippen molar-refractivity contribution in [3.05, 3.63) is 59.9 Å². The van der Waals surface area contributed by atoms with Gasteiger partial charge in [-0.2, -0.15) is 5.10 Å². The first kappa shape index (κ1) is 16.2. The van der Waals surface area contributed by atoms with E-state index in [0.29, 0.717) is 11.5 Å². The summed E-state index contributed by atoms with van der Waals surface area (Å²) in [6.45, 7) is 4.49. The number of anilines is 1. The Labute approximate surface area is 148 Å². The first-order chi connectivity index (χ1) is 12.6. The van der Waals surface area contributed by atoms with E-state index >= 15 is 0 Å². The average molecular weight is 353 g/mol. The van der Waals surface area contributed by atoms with Gasteiger partial charge >= 0.3 is 5.97 Å². The zero-order valence-electron chi connectivity index (χ0n) is 13.8. The lowest BCUT2D eigenvalue weighted by Crippen LogP contribution is -2.24. The number of hydrogen-bond donors (Lipinski definition) is 1. The van der Waals surface area contributed by atoms with Gasteiger partial charge in [0.15, 0.2) is 5.65 Å². The molecule has 3 aromatic rings. The van der Waals surface area contributed by atoms with Crippen LogP contribution >= 0.6 is 0 Å². The van der Waals surface area contributed by atoms with E-state index in [1.165, 1.54) is 23.0 Å². The molecular formula is C18H16FN5O2. The lowest BCUT2D eigenvalue weighted by molar-refractivity contribution is 0.0698.